The van der Waals surface area contributed by atoms with Crippen molar-refractivity contribution in [3.05, 3.63) is 69.9 Å². The van der Waals surface area contributed by atoms with Gasteiger partial charge in [-0.2, -0.15) is 0 Å². The van der Waals surface area contributed by atoms with E-state index in [1.807, 2.05) is 36.4 Å². The van der Waals surface area contributed by atoms with Crippen LogP contribution in [0.3, 0.4) is 0 Å². The smallest absolute Gasteiger partial charge is 0.225 e. The second kappa shape index (κ2) is 6.37. The van der Waals surface area contributed by atoms with Gasteiger partial charge >= 0.3 is 0 Å². The van der Waals surface area contributed by atoms with Crippen LogP contribution in [0.1, 0.15) is 28.3 Å². The second-order valence-electron chi connectivity index (χ2n) is 6.28. The molecule has 2 heterocycles. The van der Waals surface area contributed by atoms with Crippen molar-refractivity contribution in [2.75, 3.05) is 12.4 Å². The molecule has 0 fully saturated rings. The summed E-state index contributed by atoms with van der Waals surface area (Å²) in [4.78, 5) is 13.6. The van der Waals surface area contributed by atoms with E-state index >= 15 is 0 Å². The lowest BCUT2D eigenvalue weighted by atomic mass is 9.87. The van der Waals surface area contributed by atoms with Crippen LogP contribution in [0.4, 0.5) is 5.69 Å². The lowest BCUT2D eigenvalue weighted by Crippen LogP contribution is -2.22. The summed E-state index contributed by atoms with van der Waals surface area (Å²) in [5, 5.41) is 5.24. The molecule has 0 bridgehead atoms. The Kier molecular flexibility index (Phi) is 4.06. The highest BCUT2D eigenvalue weighted by Gasteiger charge is 2.31. The molecule has 0 saturated heterocycles. The van der Waals surface area contributed by atoms with Crippen molar-refractivity contribution in [1.82, 2.24) is 0 Å². The Labute approximate surface area is 151 Å². The van der Waals surface area contributed by atoms with Crippen LogP contribution in [0.2, 0.25) is 0 Å². The number of anilines is 1. The maximum absolute atomic E-state index is 12.4. The first-order valence-electron chi connectivity index (χ1n) is 8.28. The number of carbonyl (C=O) groups excluding carboxylic acids is 1. The molecule has 0 radical (unpaired) electrons. The summed E-state index contributed by atoms with van der Waals surface area (Å²) >= 11 is 1.72. The SMILES string of the molecule is COc1ccc(-c2csc3c2NC(=O)C[C@H]3c2ccccc2C)cc1. The fourth-order valence-electron chi connectivity index (χ4n) is 3.44. The zero-order valence-electron chi connectivity index (χ0n) is 14.2. The number of hydrogen-bond donors (Lipinski definition) is 1. The van der Waals surface area contributed by atoms with Crippen LogP contribution >= 0.6 is 11.3 Å². The maximum atomic E-state index is 12.4. The van der Waals surface area contributed by atoms with Gasteiger partial charge in [-0.15, -0.1) is 11.3 Å². The lowest BCUT2D eigenvalue weighted by Gasteiger charge is -2.25. The number of carbonyl (C=O) groups is 1. The van der Waals surface area contributed by atoms with Crippen LogP contribution in [-0.2, 0) is 4.79 Å². The van der Waals surface area contributed by atoms with Crippen LogP contribution in [0.5, 0.6) is 5.75 Å². The fourth-order valence-corrected chi connectivity index (χ4v) is 4.59. The summed E-state index contributed by atoms with van der Waals surface area (Å²) in [6.07, 6.45) is 0.500. The van der Waals surface area contributed by atoms with E-state index < -0.39 is 0 Å². The fraction of sp³-hybridized carbons (Fsp3) is 0.190. The number of fused-ring (bicyclic) bond motifs is 1. The monoisotopic (exact) mass is 349 g/mol. The number of hydrogen-bond acceptors (Lipinski definition) is 3. The minimum absolute atomic E-state index is 0.0777. The Morgan fingerprint density at radius 3 is 2.60 bits per heavy atom. The molecule has 1 aliphatic heterocycles. The molecular formula is C21H19NO2S. The molecule has 126 valence electrons. The third-order valence-corrected chi connectivity index (χ3v) is 5.85. The molecule has 1 N–H and O–H groups in total. The van der Waals surface area contributed by atoms with E-state index in [9.17, 15) is 4.79 Å². The predicted molar refractivity (Wildman–Crippen MR) is 103 cm³/mol. The van der Waals surface area contributed by atoms with Crippen molar-refractivity contribution in [1.29, 1.82) is 0 Å². The number of methoxy groups -OCH3 is 1. The number of nitrogens with one attached hydrogen (secondary N) is 1. The zero-order valence-corrected chi connectivity index (χ0v) is 15.0. The van der Waals surface area contributed by atoms with Gasteiger partial charge in [-0.1, -0.05) is 36.4 Å². The summed E-state index contributed by atoms with van der Waals surface area (Å²) in [5.74, 6) is 1.03. The van der Waals surface area contributed by atoms with Crippen molar-refractivity contribution >= 4 is 22.9 Å². The minimum Gasteiger partial charge on any atom is -0.497 e. The Balaban J connectivity index is 1.80. The molecule has 3 aromatic rings. The third kappa shape index (κ3) is 2.83. The average Bonchev–Trinajstić information content (AvgIpc) is 3.05. The van der Waals surface area contributed by atoms with Gasteiger partial charge in [-0.3, -0.25) is 4.79 Å². The van der Waals surface area contributed by atoms with Gasteiger partial charge in [0, 0.05) is 28.2 Å². The first-order chi connectivity index (χ1) is 12.2. The van der Waals surface area contributed by atoms with Crippen molar-refractivity contribution in [3.63, 3.8) is 0 Å². The molecule has 1 aliphatic rings. The van der Waals surface area contributed by atoms with Crippen LogP contribution in [0.25, 0.3) is 11.1 Å². The Bertz CT molecular complexity index is 927. The quantitative estimate of drug-likeness (QED) is 0.705. The van der Waals surface area contributed by atoms with Gasteiger partial charge in [0.05, 0.1) is 12.8 Å². The minimum atomic E-state index is 0.0777. The summed E-state index contributed by atoms with van der Waals surface area (Å²) in [6.45, 7) is 2.11. The number of amides is 1. The number of thiophene rings is 1. The van der Waals surface area contributed by atoms with Crippen molar-refractivity contribution in [2.45, 2.75) is 19.3 Å². The molecule has 25 heavy (non-hydrogen) atoms. The molecule has 4 heteroatoms. The van der Waals surface area contributed by atoms with Crippen LogP contribution in [0.15, 0.2) is 53.9 Å². The highest BCUT2D eigenvalue weighted by molar-refractivity contribution is 7.11. The highest BCUT2D eigenvalue weighted by atomic mass is 32.1. The molecule has 1 amide bonds. The molecule has 0 saturated carbocycles. The van der Waals surface area contributed by atoms with E-state index in [-0.39, 0.29) is 11.8 Å². The van der Waals surface area contributed by atoms with Crippen LogP contribution < -0.4 is 10.1 Å². The van der Waals surface area contributed by atoms with Crippen molar-refractivity contribution in [2.24, 2.45) is 0 Å². The largest absolute Gasteiger partial charge is 0.497 e. The molecule has 3 nitrogen and oxygen atoms in total. The summed E-state index contributed by atoms with van der Waals surface area (Å²) in [5.41, 5.74) is 5.59. The molecule has 1 aromatic heterocycles. The van der Waals surface area contributed by atoms with E-state index in [1.54, 1.807) is 18.4 Å². The predicted octanol–water partition coefficient (Wildman–Crippen LogP) is 5.21. The van der Waals surface area contributed by atoms with Gasteiger partial charge in [0.2, 0.25) is 5.91 Å². The molecule has 2 aromatic carbocycles. The molecule has 0 unspecified atom stereocenters. The molecule has 4 rings (SSSR count). The van der Waals surface area contributed by atoms with Crippen molar-refractivity contribution in [3.8, 4) is 16.9 Å². The van der Waals surface area contributed by atoms with Gasteiger partial charge in [0.1, 0.15) is 5.75 Å². The Morgan fingerprint density at radius 1 is 1.12 bits per heavy atom. The standard InChI is InChI=1S/C21H19NO2S/c1-13-5-3-4-6-16(13)17-11-19(23)22-20-18(12-25-21(17)20)14-7-9-15(24-2)10-8-14/h3-10,12,17H,11H2,1-2H3,(H,22,23)/t17-/m0/s1. The number of rotatable bonds is 3. The first-order valence-corrected chi connectivity index (χ1v) is 9.16. The van der Waals surface area contributed by atoms with E-state index in [2.05, 4.69) is 29.8 Å². The van der Waals surface area contributed by atoms with Gasteiger partial charge in [-0.05, 0) is 35.7 Å². The molecule has 1 atom stereocenters. The summed E-state index contributed by atoms with van der Waals surface area (Å²) < 4.78 is 5.24. The van der Waals surface area contributed by atoms with E-state index in [4.69, 9.17) is 4.74 Å². The molecular weight excluding hydrogens is 330 g/mol. The Morgan fingerprint density at radius 2 is 1.88 bits per heavy atom. The maximum Gasteiger partial charge on any atom is 0.225 e. The topological polar surface area (TPSA) is 38.3 Å². The van der Waals surface area contributed by atoms with Gasteiger partial charge in [0.25, 0.3) is 0 Å². The zero-order chi connectivity index (χ0) is 17.4. The highest BCUT2D eigenvalue weighted by Crippen LogP contribution is 2.47. The Hall–Kier alpha value is -2.59. The normalized spacial score (nSPS) is 16.2. The molecule has 0 spiro atoms. The first kappa shape index (κ1) is 15.9. The summed E-state index contributed by atoms with van der Waals surface area (Å²) in [7, 11) is 1.66. The van der Waals surface area contributed by atoms with E-state index in [0.717, 1.165) is 22.6 Å². The summed E-state index contributed by atoms with van der Waals surface area (Å²) in [6, 6.07) is 16.3. The van der Waals surface area contributed by atoms with Gasteiger partial charge in [0.15, 0.2) is 0 Å². The number of aryl methyl sites for hydroxylation is 1. The van der Waals surface area contributed by atoms with Gasteiger partial charge in [-0.25, -0.2) is 0 Å². The average molecular weight is 349 g/mol. The second-order valence-corrected chi connectivity index (χ2v) is 7.19. The van der Waals surface area contributed by atoms with Crippen LogP contribution in [0, 0.1) is 6.92 Å². The number of benzene rings is 2. The molecule has 0 aliphatic carbocycles. The van der Waals surface area contributed by atoms with E-state index in [1.165, 1.54) is 16.0 Å². The third-order valence-electron chi connectivity index (χ3n) is 4.75. The number of ether oxygens (including phenoxy) is 1. The lowest BCUT2D eigenvalue weighted by molar-refractivity contribution is -0.116. The van der Waals surface area contributed by atoms with Gasteiger partial charge < -0.3 is 10.1 Å². The van der Waals surface area contributed by atoms with Crippen molar-refractivity contribution < 1.29 is 9.53 Å². The van der Waals surface area contributed by atoms with Crippen LogP contribution in [-0.4, -0.2) is 13.0 Å². The van der Waals surface area contributed by atoms with E-state index in [0.29, 0.717) is 6.42 Å².